The van der Waals surface area contributed by atoms with E-state index in [2.05, 4.69) is 29.7 Å². The monoisotopic (exact) mass is 431 g/mol. The van der Waals surface area contributed by atoms with Gasteiger partial charge in [-0.15, -0.1) is 0 Å². The molecule has 2 aromatic carbocycles. The Morgan fingerprint density at radius 3 is 2.50 bits per heavy atom. The molecular weight excluding hydrogens is 406 g/mol. The molecule has 160 valence electrons. The van der Waals surface area contributed by atoms with Crippen molar-refractivity contribution in [2.75, 3.05) is 20.3 Å². The van der Waals surface area contributed by atoms with E-state index in [0.29, 0.717) is 10.8 Å². The van der Waals surface area contributed by atoms with Crippen LogP contribution < -0.4 is 20.2 Å². The van der Waals surface area contributed by atoms with E-state index in [1.807, 2.05) is 19.1 Å². The summed E-state index contributed by atoms with van der Waals surface area (Å²) in [6.07, 6.45) is 1.57. The SMILES string of the molecule is COc1cc(C)c(/C=N\NC(=O)CNC(=O)COc2ccc(Cl)cc2)cc1C(C)C. The number of hydrazone groups is 1. The number of methoxy groups -OCH3 is 1. The van der Waals surface area contributed by atoms with Gasteiger partial charge in [-0.2, -0.15) is 5.10 Å². The Balaban J connectivity index is 1.81. The molecule has 2 aromatic rings. The van der Waals surface area contributed by atoms with Gasteiger partial charge in [-0.1, -0.05) is 25.4 Å². The zero-order valence-electron chi connectivity index (χ0n) is 17.5. The summed E-state index contributed by atoms with van der Waals surface area (Å²) in [5.41, 5.74) is 5.31. The molecule has 2 N–H and O–H groups in total. The number of carbonyl (C=O) groups excluding carboxylic acids is 2. The van der Waals surface area contributed by atoms with Crippen LogP contribution in [0.5, 0.6) is 11.5 Å². The normalized spacial score (nSPS) is 10.9. The first kappa shape index (κ1) is 23.2. The molecule has 0 bridgehead atoms. The van der Waals surface area contributed by atoms with Crippen molar-refractivity contribution in [2.45, 2.75) is 26.7 Å². The zero-order chi connectivity index (χ0) is 22.1. The molecule has 0 saturated carbocycles. The third-order valence-electron chi connectivity index (χ3n) is 4.26. The van der Waals surface area contributed by atoms with Crippen molar-refractivity contribution in [3.05, 3.63) is 58.1 Å². The Kier molecular flexibility index (Phi) is 8.68. The van der Waals surface area contributed by atoms with Crippen LogP contribution in [0.2, 0.25) is 5.02 Å². The number of ether oxygens (including phenoxy) is 2. The maximum Gasteiger partial charge on any atom is 0.259 e. The molecule has 0 aliphatic carbocycles. The molecule has 8 heteroatoms. The van der Waals surface area contributed by atoms with Gasteiger partial charge in [0.15, 0.2) is 6.61 Å². The summed E-state index contributed by atoms with van der Waals surface area (Å²) in [7, 11) is 1.64. The van der Waals surface area contributed by atoms with Gasteiger partial charge in [0.2, 0.25) is 0 Å². The van der Waals surface area contributed by atoms with Gasteiger partial charge in [-0.3, -0.25) is 9.59 Å². The van der Waals surface area contributed by atoms with Gasteiger partial charge in [0.1, 0.15) is 11.5 Å². The lowest BCUT2D eigenvalue weighted by Gasteiger charge is -2.14. The number of aryl methyl sites for hydroxylation is 1. The van der Waals surface area contributed by atoms with Crippen molar-refractivity contribution in [1.29, 1.82) is 0 Å². The maximum atomic E-state index is 11.9. The molecule has 0 aliphatic heterocycles. The van der Waals surface area contributed by atoms with E-state index in [9.17, 15) is 9.59 Å². The van der Waals surface area contributed by atoms with Gasteiger partial charge in [0.25, 0.3) is 11.8 Å². The summed E-state index contributed by atoms with van der Waals surface area (Å²) in [4.78, 5) is 23.7. The predicted octanol–water partition coefficient (Wildman–Crippen LogP) is 3.43. The zero-order valence-corrected chi connectivity index (χ0v) is 18.2. The van der Waals surface area contributed by atoms with Crippen LogP contribution in [-0.4, -0.2) is 38.3 Å². The van der Waals surface area contributed by atoms with Gasteiger partial charge in [-0.05, 0) is 65.9 Å². The van der Waals surface area contributed by atoms with E-state index in [-0.39, 0.29) is 19.1 Å². The average Bonchev–Trinajstić information content (AvgIpc) is 2.72. The first-order valence-corrected chi connectivity index (χ1v) is 9.83. The quantitative estimate of drug-likeness (QED) is 0.470. The fourth-order valence-corrected chi connectivity index (χ4v) is 2.73. The number of carbonyl (C=O) groups is 2. The fraction of sp³-hybridized carbons (Fsp3) is 0.318. The number of nitrogens with zero attached hydrogens (tertiary/aromatic N) is 1. The van der Waals surface area contributed by atoms with Crippen LogP contribution in [0, 0.1) is 6.92 Å². The summed E-state index contributed by atoms with van der Waals surface area (Å²) in [5, 5.41) is 7.03. The molecule has 0 unspecified atom stereocenters. The molecule has 0 atom stereocenters. The molecule has 2 rings (SSSR count). The highest BCUT2D eigenvalue weighted by Gasteiger charge is 2.10. The van der Waals surface area contributed by atoms with E-state index in [0.717, 1.165) is 22.4 Å². The molecule has 0 aliphatic rings. The lowest BCUT2D eigenvalue weighted by molar-refractivity contribution is -0.127. The standard InChI is InChI=1S/C22H26ClN3O4/c1-14(2)19-10-16(15(3)9-20(19)29-4)11-25-26-21(27)12-24-22(28)13-30-18-7-5-17(23)6-8-18/h5-11,14H,12-13H2,1-4H3,(H,24,28)(H,26,27)/b25-11-. The van der Waals surface area contributed by atoms with Gasteiger partial charge >= 0.3 is 0 Å². The number of hydrogen-bond donors (Lipinski definition) is 2. The largest absolute Gasteiger partial charge is 0.496 e. The van der Waals surface area contributed by atoms with Gasteiger partial charge < -0.3 is 14.8 Å². The molecule has 30 heavy (non-hydrogen) atoms. The van der Waals surface area contributed by atoms with Crippen molar-refractivity contribution in [3.63, 3.8) is 0 Å². The molecule has 0 aromatic heterocycles. The van der Waals surface area contributed by atoms with Crippen LogP contribution in [0.1, 0.15) is 36.5 Å². The minimum absolute atomic E-state index is 0.207. The molecule has 7 nitrogen and oxygen atoms in total. The van der Waals surface area contributed by atoms with Crippen LogP contribution in [0.25, 0.3) is 0 Å². The third-order valence-corrected chi connectivity index (χ3v) is 4.51. The Labute approximate surface area is 181 Å². The highest BCUT2D eigenvalue weighted by Crippen LogP contribution is 2.29. The van der Waals surface area contributed by atoms with Crippen LogP contribution in [0.4, 0.5) is 0 Å². The lowest BCUT2D eigenvalue weighted by Crippen LogP contribution is -2.37. The second-order valence-electron chi connectivity index (χ2n) is 6.92. The second-order valence-corrected chi connectivity index (χ2v) is 7.35. The van der Waals surface area contributed by atoms with Crippen LogP contribution >= 0.6 is 11.6 Å². The summed E-state index contributed by atoms with van der Waals surface area (Å²) >= 11 is 5.79. The van der Waals surface area contributed by atoms with Crippen molar-refractivity contribution >= 4 is 29.6 Å². The number of nitrogens with one attached hydrogen (secondary N) is 2. The summed E-state index contributed by atoms with van der Waals surface area (Å²) in [6, 6.07) is 10.6. The van der Waals surface area contributed by atoms with Crippen molar-refractivity contribution < 1.29 is 19.1 Å². The highest BCUT2D eigenvalue weighted by molar-refractivity contribution is 6.30. The second kappa shape index (κ2) is 11.2. The summed E-state index contributed by atoms with van der Waals surface area (Å²) < 4.78 is 10.7. The topological polar surface area (TPSA) is 89.0 Å². The molecule has 0 fully saturated rings. The van der Waals surface area contributed by atoms with Crippen LogP contribution in [0.3, 0.4) is 0 Å². The molecule has 0 radical (unpaired) electrons. The van der Waals surface area contributed by atoms with Crippen LogP contribution in [0.15, 0.2) is 41.5 Å². The summed E-state index contributed by atoms with van der Waals surface area (Å²) in [5.74, 6) is 0.761. The molecule has 0 saturated heterocycles. The number of halogens is 1. The van der Waals surface area contributed by atoms with Crippen LogP contribution in [-0.2, 0) is 9.59 Å². The maximum absolute atomic E-state index is 11.9. The van der Waals surface area contributed by atoms with E-state index >= 15 is 0 Å². The molecule has 0 heterocycles. The number of rotatable bonds is 9. The van der Waals surface area contributed by atoms with Gasteiger partial charge in [0.05, 0.1) is 19.9 Å². The van der Waals surface area contributed by atoms with E-state index < -0.39 is 11.8 Å². The first-order valence-electron chi connectivity index (χ1n) is 9.45. The van der Waals surface area contributed by atoms with Gasteiger partial charge in [0, 0.05) is 5.02 Å². The Hall–Kier alpha value is -3.06. The molecular formula is C22H26ClN3O4. The fourth-order valence-electron chi connectivity index (χ4n) is 2.61. The Morgan fingerprint density at radius 2 is 1.87 bits per heavy atom. The average molecular weight is 432 g/mol. The minimum Gasteiger partial charge on any atom is -0.496 e. The molecule has 2 amide bonds. The Bertz CT molecular complexity index is 911. The van der Waals surface area contributed by atoms with Gasteiger partial charge in [-0.25, -0.2) is 5.43 Å². The minimum atomic E-state index is -0.443. The third kappa shape index (κ3) is 7.08. The summed E-state index contributed by atoms with van der Waals surface area (Å²) in [6.45, 7) is 5.68. The first-order chi connectivity index (χ1) is 14.3. The number of hydrogen-bond acceptors (Lipinski definition) is 5. The lowest BCUT2D eigenvalue weighted by atomic mass is 9.97. The Morgan fingerprint density at radius 1 is 1.17 bits per heavy atom. The number of benzene rings is 2. The van der Waals surface area contributed by atoms with Crippen molar-refractivity contribution in [2.24, 2.45) is 5.10 Å². The van der Waals surface area contributed by atoms with E-state index in [1.54, 1.807) is 37.6 Å². The smallest absolute Gasteiger partial charge is 0.259 e. The highest BCUT2D eigenvalue weighted by atomic mass is 35.5. The van der Waals surface area contributed by atoms with E-state index in [1.165, 1.54) is 0 Å². The van der Waals surface area contributed by atoms with E-state index in [4.69, 9.17) is 21.1 Å². The van der Waals surface area contributed by atoms with Crippen molar-refractivity contribution in [3.8, 4) is 11.5 Å². The van der Waals surface area contributed by atoms with Crippen molar-refractivity contribution in [1.82, 2.24) is 10.7 Å². The predicted molar refractivity (Wildman–Crippen MR) is 118 cm³/mol. The molecule has 0 spiro atoms. The number of amides is 2.